The highest BCUT2D eigenvalue weighted by Crippen LogP contribution is 2.35. The fourth-order valence-corrected chi connectivity index (χ4v) is 3.43. The van der Waals surface area contributed by atoms with Crippen molar-refractivity contribution in [1.82, 2.24) is 5.16 Å². The molecule has 1 unspecified atom stereocenters. The summed E-state index contributed by atoms with van der Waals surface area (Å²) in [7, 11) is 0. The minimum Gasteiger partial charge on any atom is -0.338 e. The number of hydrogen-bond acceptors (Lipinski definition) is 4. The van der Waals surface area contributed by atoms with E-state index in [1.807, 2.05) is 37.3 Å². The first-order valence-electron chi connectivity index (χ1n) is 6.70. The normalized spacial score (nSPS) is 14.8. The number of nitrogens with one attached hydrogen (secondary N) is 1. The van der Waals surface area contributed by atoms with Gasteiger partial charge in [0.05, 0.1) is 17.2 Å². The van der Waals surface area contributed by atoms with E-state index in [9.17, 15) is 4.79 Å². The second-order valence-corrected chi connectivity index (χ2v) is 5.78. The quantitative estimate of drug-likeness (QED) is 0.934. The third-order valence-corrected chi connectivity index (χ3v) is 4.49. The summed E-state index contributed by atoms with van der Waals surface area (Å²) in [6.45, 7) is 2.01. The van der Waals surface area contributed by atoms with Gasteiger partial charge in [0.2, 0.25) is 11.8 Å². The van der Waals surface area contributed by atoms with E-state index in [4.69, 9.17) is 4.52 Å². The molecule has 0 saturated heterocycles. The van der Waals surface area contributed by atoms with Crippen LogP contribution in [0.1, 0.15) is 36.1 Å². The van der Waals surface area contributed by atoms with Gasteiger partial charge < -0.3 is 4.52 Å². The molecule has 2 heterocycles. The van der Waals surface area contributed by atoms with Crippen LogP contribution in [0.3, 0.4) is 0 Å². The number of fused-ring (bicyclic) bond motifs is 1. The summed E-state index contributed by atoms with van der Waals surface area (Å²) in [5.74, 6) is 2.05. The molecule has 1 aliphatic heterocycles. The predicted octanol–water partition coefficient (Wildman–Crippen LogP) is 3.55. The maximum atomic E-state index is 12.4. The number of carbonyl (C=O) groups is 1. The smallest absolute Gasteiger partial charge is 0.235 e. The van der Waals surface area contributed by atoms with E-state index in [1.54, 1.807) is 11.8 Å². The van der Waals surface area contributed by atoms with Gasteiger partial charge in [0.1, 0.15) is 0 Å². The van der Waals surface area contributed by atoms with E-state index in [0.29, 0.717) is 5.88 Å². The maximum absolute atomic E-state index is 12.4. The first-order valence-corrected chi connectivity index (χ1v) is 7.86. The Balaban J connectivity index is 1.78. The molecule has 3 rings (SSSR count). The molecule has 0 spiro atoms. The molecule has 4 nitrogen and oxygen atoms in total. The summed E-state index contributed by atoms with van der Waals surface area (Å²) < 4.78 is 5.24. The summed E-state index contributed by atoms with van der Waals surface area (Å²) in [6.07, 6.45) is 0.751. The Labute approximate surface area is 121 Å². The zero-order chi connectivity index (χ0) is 13.9. The molecular formula is C15H16N2O2S. The lowest BCUT2D eigenvalue weighted by Gasteiger charge is -2.14. The highest BCUT2D eigenvalue weighted by molar-refractivity contribution is 7.98. The Morgan fingerprint density at radius 2 is 2.20 bits per heavy atom. The van der Waals surface area contributed by atoms with Crippen LogP contribution in [0.15, 0.2) is 34.9 Å². The van der Waals surface area contributed by atoms with Crippen molar-refractivity contribution in [3.63, 3.8) is 0 Å². The van der Waals surface area contributed by atoms with Crippen molar-refractivity contribution in [3.05, 3.63) is 47.2 Å². The highest BCUT2D eigenvalue weighted by Gasteiger charge is 2.25. The van der Waals surface area contributed by atoms with E-state index in [1.165, 1.54) is 0 Å². The Morgan fingerprint density at radius 3 is 2.95 bits per heavy atom. The van der Waals surface area contributed by atoms with Crippen LogP contribution < -0.4 is 5.32 Å². The highest BCUT2D eigenvalue weighted by atomic mass is 32.2. The zero-order valence-electron chi connectivity index (χ0n) is 11.3. The molecule has 1 aromatic heterocycles. The van der Waals surface area contributed by atoms with Gasteiger partial charge in [0.15, 0.2) is 0 Å². The first-order chi connectivity index (χ1) is 9.79. The Hall–Kier alpha value is -1.75. The van der Waals surface area contributed by atoms with Crippen LogP contribution in [0, 0.1) is 0 Å². The number of thioether (sulfide) groups is 1. The maximum Gasteiger partial charge on any atom is 0.235 e. The average molecular weight is 288 g/mol. The van der Waals surface area contributed by atoms with Crippen molar-refractivity contribution in [2.75, 3.05) is 5.32 Å². The molecule has 0 saturated carbocycles. The fourth-order valence-electron chi connectivity index (χ4n) is 2.41. The van der Waals surface area contributed by atoms with Gasteiger partial charge in [-0.25, -0.2) is 0 Å². The second kappa shape index (κ2) is 5.71. The summed E-state index contributed by atoms with van der Waals surface area (Å²) in [6, 6.07) is 9.82. The standard InChI is InChI=1S/C15H16N2O2S/c1-2-11(10-6-4-3-5-7-10)14(18)16-15-12-8-20-9-13(12)17-19-15/h3-7,11H,2,8-9H2,1H3,(H,16,18). The minimum absolute atomic E-state index is 0.0328. The number of aromatic nitrogens is 1. The van der Waals surface area contributed by atoms with Gasteiger partial charge in [0, 0.05) is 11.5 Å². The lowest BCUT2D eigenvalue weighted by Crippen LogP contribution is -2.20. The number of hydrogen-bond donors (Lipinski definition) is 1. The SMILES string of the molecule is CCC(C(=O)Nc1onc2c1CSC2)c1ccccc1. The topological polar surface area (TPSA) is 55.1 Å². The molecule has 0 radical (unpaired) electrons. The molecule has 1 aliphatic rings. The van der Waals surface area contributed by atoms with Crippen LogP contribution in [0.2, 0.25) is 0 Å². The molecule has 0 fully saturated rings. The summed E-state index contributed by atoms with van der Waals surface area (Å²) in [4.78, 5) is 12.4. The summed E-state index contributed by atoms with van der Waals surface area (Å²) in [5.41, 5.74) is 3.02. The number of anilines is 1. The molecule has 1 aromatic carbocycles. The summed E-state index contributed by atoms with van der Waals surface area (Å²) >= 11 is 1.79. The van der Waals surface area contributed by atoms with E-state index >= 15 is 0 Å². The predicted molar refractivity (Wildman–Crippen MR) is 79.6 cm³/mol. The monoisotopic (exact) mass is 288 g/mol. The van der Waals surface area contributed by atoms with E-state index < -0.39 is 0 Å². The zero-order valence-corrected chi connectivity index (χ0v) is 12.1. The molecule has 20 heavy (non-hydrogen) atoms. The molecule has 0 bridgehead atoms. The third-order valence-electron chi connectivity index (χ3n) is 3.52. The van der Waals surface area contributed by atoms with Crippen LogP contribution in [0.25, 0.3) is 0 Å². The number of benzene rings is 1. The van der Waals surface area contributed by atoms with E-state index in [2.05, 4.69) is 10.5 Å². The van der Waals surface area contributed by atoms with Crippen molar-refractivity contribution in [3.8, 4) is 0 Å². The Bertz CT molecular complexity index is 610. The van der Waals surface area contributed by atoms with E-state index in [-0.39, 0.29) is 11.8 Å². The summed E-state index contributed by atoms with van der Waals surface area (Å²) in [5, 5.41) is 6.89. The molecule has 104 valence electrons. The van der Waals surface area contributed by atoms with Gasteiger partial charge in [-0.05, 0) is 12.0 Å². The Morgan fingerprint density at radius 1 is 1.40 bits per heavy atom. The van der Waals surface area contributed by atoms with Gasteiger partial charge >= 0.3 is 0 Å². The van der Waals surface area contributed by atoms with Gasteiger partial charge in [-0.15, -0.1) is 0 Å². The number of nitrogens with zero attached hydrogens (tertiary/aromatic N) is 1. The van der Waals surface area contributed by atoms with Crippen LogP contribution in [0.5, 0.6) is 0 Å². The van der Waals surface area contributed by atoms with Crippen LogP contribution in [-0.2, 0) is 16.3 Å². The van der Waals surface area contributed by atoms with Gasteiger partial charge in [-0.1, -0.05) is 42.4 Å². The number of carbonyl (C=O) groups excluding carboxylic acids is 1. The fraction of sp³-hybridized carbons (Fsp3) is 0.333. The van der Waals surface area contributed by atoms with Crippen LogP contribution >= 0.6 is 11.8 Å². The largest absolute Gasteiger partial charge is 0.338 e. The third kappa shape index (κ3) is 2.45. The lowest BCUT2D eigenvalue weighted by molar-refractivity contribution is -0.117. The Kier molecular flexibility index (Phi) is 3.78. The van der Waals surface area contributed by atoms with Crippen LogP contribution in [-0.4, -0.2) is 11.1 Å². The molecular weight excluding hydrogens is 272 g/mol. The number of rotatable bonds is 4. The van der Waals surface area contributed by atoms with E-state index in [0.717, 1.165) is 34.7 Å². The number of amides is 1. The second-order valence-electron chi connectivity index (χ2n) is 4.79. The van der Waals surface area contributed by atoms with Crippen molar-refractivity contribution in [2.24, 2.45) is 0 Å². The van der Waals surface area contributed by atoms with Gasteiger partial charge in [-0.3, -0.25) is 10.1 Å². The molecule has 1 N–H and O–H groups in total. The van der Waals surface area contributed by atoms with Gasteiger partial charge in [-0.2, -0.15) is 11.8 Å². The van der Waals surface area contributed by atoms with Crippen molar-refractivity contribution < 1.29 is 9.32 Å². The first kappa shape index (κ1) is 13.2. The van der Waals surface area contributed by atoms with Crippen molar-refractivity contribution >= 4 is 23.6 Å². The lowest BCUT2D eigenvalue weighted by atomic mass is 9.96. The van der Waals surface area contributed by atoms with Gasteiger partial charge in [0.25, 0.3) is 0 Å². The molecule has 2 aromatic rings. The minimum atomic E-state index is -0.161. The van der Waals surface area contributed by atoms with Crippen LogP contribution in [0.4, 0.5) is 5.88 Å². The molecule has 1 amide bonds. The average Bonchev–Trinajstić information content (AvgIpc) is 3.06. The molecule has 0 aliphatic carbocycles. The molecule has 5 heteroatoms. The van der Waals surface area contributed by atoms with Crippen molar-refractivity contribution in [1.29, 1.82) is 0 Å². The van der Waals surface area contributed by atoms with Crippen molar-refractivity contribution in [2.45, 2.75) is 30.8 Å². The molecule has 1 atom stereocenters.